The Morgan fingerprint density at radius 3 is 2.44 bits per heavy atom. The van der Waals surface area contributed by atoms with Crippen molar-refractivity contribution in [3.63, 3.8) is 0 Å². The van der Waals surface area contributed by atoms with Gasteiger partial charge in [-0.15, -0.1) is 12.4 Å². The summed E-state index contributed by atoms with van der Waals surface area (Å²) in [4.78, 5) is 9.77. The summed E-state index contributed by atoms with van der Waals surface area (Å²) in [5.74, 6) is 0.545. The largest absolute Gasteiger partial charge is 0.393 e. The van der Waals surface area contributed by atoms with Crippen LogP contribution >= 0.6 is 12.4 Å². The van der Waals surface area contributed by atoms with Crippen LogP contribution in [0, 0.1) is 11.8 Å². The van der Waals surface area contributed by atoms with Crippen LogP contribution in [0.2, 0.25) is 0 Å². The fourth-order valence-electron chi connectivity index (χ4n) is 2.36. The molecule has 0 saturated carbocycles. The van der Waals surface area contributed by atoms with Gasteiger partial charge in [-0.05, 0) is 5.92 Å². The lowest BCUT2D eigenvalue weighted by atomic mass is 9.84. The van der Waals surface area contributed by atoms with E-state index in [1.54, 1.807) is 12.4 Å². The molecular formula is C12H20ClN3O2. The lowest BCUT2D eigenvalue weighted by Gasteiger charge is -2.42. The van der Waals surface area contributed by atoms with Gasteiger partial charge in [-0.2, -0.15) is 0 Å². The number of hydrogen-bond donors (Lipinski definition) is 2. The first-order chi connectivity index (χ1) is 8.09. The van der Waals surface area contributed by atoms with Gasteiger partial charge in [-0.25, -0.2) is 9.97 Å². The molecule has 1 aromatic heterocycles. The number of aliphatic hydroxyl groups excluding tert-OH is 2. The van der Waals surface area contributed by atoms with E-state index in [0.717, 1.165) is 5.69 Å². The third kappa shape index (κ3) is 3.10. The maximum absolute atomic E-state index is 10.0. The molecule has 2 rings (SSSR count). The van der Waals surface area contributed by atoms with E-state index in [1.807, 2.05) is 4.90 Å². The van der Waals surface area contributed by atoms with Gasteiger partial charge in [0.25, 0.3) is 0 Å². The number of aromatic nitrogens is 2. The Bertz CT molecular complexity index is 364. The molecule has 5 nitrogen and oxygen atoms in total. The number of piperidine rings is 1. The van der Waals surface area contributed by atoms with Gasteiger partial charge in [-0.3, -0.25) is 0 Å². The first kappa shape index (κ1) is 15.1. The summed E-state index contributed by atoms with van der Waals surface area (Å²) >= 11 is 0. The van der Waals surface area contributed by atoms with Crippen molar-refractivity contribution in [1.29, 1.82) is 0 Å². The summed E-state index contributed by atoms with van der Waals surface area (Å²) in [7, 11) is 0. The molecule has 0 bridgehead atoms. The van der Waals surface area contributed by atoms with Crippen molar-refractivity contribution < 1.29 is 10.2 Å². The van der Waals surface area contributed by atoms with Gasteiger partial charge >= 0.3 is 0 Å². The Labute approximate surface area is 113 Å². The van der Waals surface area contributed by atoms with Gasteiger partial charge < -0.3 is 15.1 Å². The minimum absolute atomic E-state index is 0. The molecular weight excluding hydrogens is 254 g/mol. The van der Waals surface area contributed by atoms with Crippen LogP contribution in [0.15, 0.2) is 18.7 Å². The SMILES string of the molecule is CC(C)C1CN(c2cncnc2)C(O)CC1O.Cl. The van der Waals surface area contributed by atoms with Gasteiger partial charge in [0.05, 0.1) is 24.2 Å². The molecule has 0 aromatic carbocycles. The third-order valence-corrected chi connectivity index (χ3v) is 3.45. The van der Waals surface area contributed by atoms with Gasteiger partial charge in [0.1, 0.15) is 12.6 Å². The van der Waals surface area contributed by atoms with Crippen molar-refractivity contribution in [2.75, 3.05) is 11.4 Å². The van der Waals surface area contributed by atoms with E-state index in [1.165, 1.54) is 6.33 Å². The highest BCUT2D eigenvalue weighted by Gasteiger charge is 2.35. The predicted octanol–water partition coefficient (Wildman–Crippen LogP) is 1.06. The Kier molecular flexibility index (Phi) is 5.31. The van der Waals surface area contributed by atoms with Gasteiger partial charge in [0.15, 0.2) is 0 Å². The summed E-state index contributed by atoms with van der Waals surface area (Å²) in [5, 5.41) is 20.0. The molecule has 2 heterocycles. The maximum Gasteiger partial charge on any atom is 0.129 e. The molecule has 0 radical (unpaired) electrons. The van der Waals surface area contributed by atoms with Crippen LogP contribution in [0.3, 0.4) is 0 Å². The second kappa shape index (κ2) is 6.31. The van der Waals surface area contributed by atoms with Crippen LogP contribution in [-0.4, -0.2) is 39.1 Å². The first-order valence-corrected chi connectivity index (χ1v) is 5.97. The van der Waals surface area contributed by atoms with E-state index < -0.39 is 12.3 Å². The van der Waals surface area contributed by atoms with Gasteiger partial charge in [0, 0.05) is 18.9 Å². The molecule has 0 spiro atoms. The lowest BCUT2D eigenvalue weighted by Crippen LogP contribution is -2.51. The van der Waals surface area contributed by atoms with Crippen molar-refractivity contribution in [1.82, 2.24) is 9.97 Å². The number of hydrogen-bond acceptors (Lipinski definition) is 5. The van der Waals surface area contributed by atoms with Gasteiger partial charge in [0.2, 0.25) is 0 Å². The van der Waals surface area contributed by atoms with Crippen molar-refractivity contribution in [2.24, 2.45) is 11.8 Å². The van der Waals surface area contributed by atoms with Crippen molar-refractivity contribution >= 4 is 18.1 Å². The zero-order valence-electron chi connectivity index (χ0n) is 10.6. The Balaban J connectivity index is 0.00000162. The molecule has 3 unspecified atom stereocenters. The van der Waals surface area contributed by atoms with Crippen molar-refractivity contribution in [3.05, 3.63) is 18.7 Å². The topological polar surface area (TPSA) is 69.5 Å². The molecule has 1 saturated heterocycles. The maximum atomic E-state index is 10.0. The number of halogens is 1. The quantitative estimate of drug-likeness (QED) is 0.843. The number of aliphatic hydroxyl groups is 2. The standard InChI is InChI=1S/C12H19N3O2.ClH/c1-8(2)10-6-15(12(17)3-11(10)16)9-4-13-7-14-5-9;/h4-5,7-8,10-12,16-17H,3,6H2,1-2H3;1H. The molecule has 18 heavy (non-hydrogen) atoms. The van der Waals surface area contributed by atoms with E-state index in [9.17, 15) is 10.2 Å². The molecule has 0 amide bonds. The average molecular weight is 274 g/mol. The third-order valence-electron chi connectivity index (χ3n) is 3.45. The van der Waals surface area contributed by atoms with E-state index in [2.05, 4.69) is 23.8 Å². The summed E-state index contributed by atoms with van der Waals surface area (Å²) in [6.45, 7) is 4.81. The minimum Gasteiger partial charge on any atom is -0.393 e. The zero-order valence-corrected chi connectivity index (χ0v) is 11.4. The second-order valence-electron chi connectivity index (χ2n) is 4.94. The van der Waals surface area contributed by atoms with Crippen LogP contribution in [0.1, 0.15) is 20.3 Å². The molecule has 2 N–H and O–H groups in total. The predicted molar refractivity (Wildman–Crippen MR) is 71.6 cm³/mol. The van der Waals surface area contributed by atoms with E-state index >= 15 is 0 Å². The van der Waals surface area contributed by atoms with Crippen molar-refractivity contribution in [2.45, 2.75) is 32.6 Å². The Morgan fingerprint density at radius 2 is 1.89 bits per heavy atom. The molecule has 1 aliphatic rings. The summed E-state index contributed by atoms with van der Waals surface area (Å²) in [6.07, 6.45) is 4.11. The molecule has 1 aromatic rings. The Morgan fingerprint density at radius 1 is 1.28 bits per heavy atom. The van der Waals surface area contributed by atoms with Gasteiger partial charge in [-0.1, -0.05) is 13.8 Å². The van der Waals surface area contributed by atoms with E-state index in [4.69, 9.17) is 0 Å². The summed E-state index contributed by atoms with van der Waals surface area (Å²) in [6, 6.07) is 0. The van der Waals surface area contributed by atoms with Crippen LogP contribution < -0.4 is 4.90 Å². The number of rotatable bonds is 2. The second-order valence-corrected chi connectivity index (χ2v) is 4.94. The average Bonchev–Trinajstić information content (AvgIpc) is 2.29. The highest BCUT2D eigenvalue weighted by molar-refractivity contribution is 5.85. The van der Waals surface area contributed by atoms with Crippen LogP contribution in [0.5, 0.6) is 0 Å². The summed E-state index contributed by atoms with van der Waals surface area (Å²) in [5.41, 5.74) is 0.803. The molecule has 6 heteroatoms. The van der Waals surface area contributed by atoms with E-state index in [-0.39, 0.29) is 18.3 Å². The van der Waals surface area contributed by atoms with Crippen molar-refractivity contribution in [3.8, 4) is 0 Å². The summed E-state index contributed by atoms with van der Waals surface area (Å²) < 4.78 is 0. The smallest absolute Gasteiger partial charge is 0.129 e. The molecule has 102 valence electrons. The molecule has 1 aliphatic heterocycles. The molecule has 3 atom stereocenters. The number of nitrogens with zero attached hydrogens (tertiary/aromatic N) is 3. The van der Waals surface area contributed by atoms with Crippen LogP contribution in [0.25, 0.3) is 0 Å². The van der Waals surface area contributed by atoms with Crippen LogP contribution in [-0.2, 0) is 0 Å². The monoisotopic (exact) mass is 273 g/mol. The fraction of sp³-hybridized carbons (Fsp3) is 0.667. The van der Waals surface area contributed by atoms with Crippen LogP contribution in [0.4, 0.5) is 5.69 Å². The highest BCUT2D eigenvalue weighted by atomic mass is 35.5. The fourth-order valence-corrected chi connectivity index (χ4v) is 2.36. The zero-order chi connectivity index (χ0) is 12.4. The molecule has 1 fully saturated rings. The highest BCUT2D eigenvalue weighted by Crippen LogP contribution is 2.29. The Hall–Kier alpha value is -0.910. The first-order valence-electron chi connectivity index (χ1n) is 5.97. The minimum atomic E-state index is -0.661. The van der Waals surface area contributed by atoms with E-state index in [0.29, 0.717) is 18.9 Å². The normalized spacial score (nSPS) is 28.1. The lowest BCUT2D eigenvalue weighted by molar-refractivity contribution is -0.00178. The molecule has 0 aliphatic carbocycles. The number of anilines is 1.